The quantitative estimate of drug-likeness (QED) is 0.643. The van der Waals surface area contributed by atoms with Gasteiger partial charge in [-0.25, -0.2) is 17.6 Å². The third-order valence-corrected chi connectivity index (χ3v) is 5.43. The summed E-state index contributed by atoms with van der Waals surface area (Å²) < 4.78 is 49.5. The van der Waals surface area contributed by atoms with Crippen LogP contribution >= 0.6 is 23.2 Å². The van der Waals surface area contributed by atoms with Crippen molar-refractivity contribution in [1.82, 2.24) is 9.78 Å². The molecule has 27 heavy (non-hydrogen) atoms. The van der Waals surface area contributed by atoms with Gasteiger partial charge in [-0.2, -0.15) is 5.10 Å². The van der Waals surface area contributed by atoms with Crippen LogP contribution in [0.2, 0.25) is 10.0 Å². The zero-order chi connectivity index (χ0) is 20.5. The molecular weight excluding hydrogens is 422 g/mol. The number of aromatic nitrogens is 2. The number of hydrogen-bond donors (Lipinski definition) is 0. The Kier molecular flexibility index (Phi) is 6.39. The summed E-state index contributed by atoms with van der Waals surface area (Å²) in [4.78, 5) is 11.7. The van der Waals surface area contributed by atoms with Crippen molar-refractivity contribution >= 4 is 39.0 Å². The second kappa shape index (κ2) is 8.04. The number of carbonyl (C=O) groups excluding carboxylic acids is 1. The first-order valence-corrected chi connectivity index (χ1v) is 10.4. The Hall–Kier alpha value is -1.84. The van der Waals surface area contributed by atoms with E-state index in [4.69, 9.17) is 32.7 Å². The molecule has 0 spiro atoms. The summed E-state index contributed by atoms with van der Waals surface area (Å²) >= 11 is 12.1. The van der Waals surface area contributed by atoms with Gasteiger partial charge in [0.25, 0.3) is 0 Å². The molecule has 0 aliphatic heterocycles. The van der Waals surface area contributed by atoms with Crippen molar-refractivity contribution in [3.63, 3.8) is 0 Å². The molecule has 0 bridgehead atoms. The van der Waals surface area contributed by atoms with E-state index >= 15 is 0 Å². The van der Waals surface area contributed by atoms with Crippen LogP contribution in [0.4, 0.5) is 4.39 Å². The van der Waals surface area contributed by atoms with Crippen molar-refractivity contribution in [1.29, 1.82) is 0 Å². The summed E-state index contributed by atoms with van der Waals surface area (Å²) in [5.74, 6) is -1.40. The molecule has 11 heteroatoms. The molecule has 0 saturated heterocycles. The fraction of sp³-hybridized carbons (Fsp3) is 0.375. The minimum atomic E-state index is -3.69. The van der Waals surface area contributed by atoms with Gasteiger partial charge in [0, 0.05) is 18.9 Å². The number of aryl methyl sites for hydroxylation is 1. The normalized spacial score (nSPS) is 12.7. The van der Waals surface area contributed by atoms with Crippen molar-refractivity contribution in [3.05, 3.63) is 28.0 Å². The van der Waals surface area contributed by atoms with E-state index in [0.29, 0.717) is 0 Å². The molecule has 0 N–H and O–H groups in total. The largest absolute Gasteiger partial charge is 0.477 e. The van der Waals surface area contributed by atoms with Crippen molar-refractivity contribution < 1.29 is 27.1 Å². The number of sulfone groups is 1. The fourth-order valence-electron chi connectivity index (χ4n) is 2.36. The summed E-state index contributed by atoms with van der Waals surface area (Å²) in [7, 11) is -2.32. The van der Waals surface area contributed by atoms with Crippen LogP contribution < -0.4 is 4.74 Å². The molecule has 7 nitrogen and oxygen atoms in total. The number of halogens is 3. The summed E-state index contributed by atoms with van der Waals surface area (Å²) in [6.07, 6.45) is -0.0282. The topological polar surface area (TPSA) is 87.5 Å². The molecule has 1 aromatic carbocycles. The maximum atomic E-state index is 14.5. The van der Waals surface area contributed by atoms with Crippen LogP contribution in [-0.4, -0.2) is 43.1 Å². The fourth-order valence-corrected chi connectivity index (χ4v) is 4.18. The summed E-state index contributed by atoms with van der Waals surface area (Å²) in [5, 5.41) is 3.43. The lowest BCUT2D eigenvalue weighted by Crippen LogP contribution is -2.26. The first-order chi connectivity index (χ1) is 12.5. The minimum absolute atomic E-state index is 0.00348. The Morgan fingerprint density at radius 1 is 1.37 bits per heavy atom. The van der Waals surface area contributed by atoms with Crippen molar-refractivity contribution in [3.8, 4) is 17.0 Å². The van der Waals surface area contributed by atoms with Crippen molar-refractivity contribution in [2.45, 2.75) is 25.0 Å². The molecule has 0 saturated carbocycles. The molecule has 0 radical (unpaired) electrons. The highest BCUT2D eigenvalue weighted by Crippen LogP contribution is 2.38. The predicted molar refractivity (Wildman–Crippen MR) is 98.5 cm³/mol. The van der Waals surface area contributed by atoms with Crippen LogP contribution in [0.15, 0.2) is 17.2 Å². The van der Waals surface area contributed by atoms with Crippen LogP contribution in [-0.2, 0) is 26.4 Å². The average molecular weight is 439 g/mol. The molecule has 1 atom stereocenters. The molecule has 1 heterocycles. The maximum Gasteiger partial charge on any atom is 0.347 e. The minimum Gasteiger partial charge on any atom is -0.477 e. The van der Waals surface area contributed by atoms with Gasteiger partial charge in [-0.3, -0.25) is 4.68 Å². The number of rotatable bonds is 6. The number of nitrogens with zero attached hydrogens (tertiary/aromatic N) is 2. The molecule has 0 amide bonds. The zero-order valence-corrected chi connectivity index (χ0v) is 17.2. The van der Waals surface area contributed by atoms with E-state index in [2.05, 4.69) is 5.10 Å². The molecule has 0 aliphatic rings. The molecule has 148 valence electrons. The van der Waals surface area contributed by atoms with Gasteiger partial charge < -0.3 is 9.47 Å². The van der Waals surface area contributed by atoms with E-state index in [-0.39, 0.29) is 38.7 Å². The predicted octanol–water partition coefficient (Wildman–Crippen LogP) is 3.27. The highest BCUT2D eigenvalue weighted by Gasteiger charge is 2.26. The number of hydrogen-bond acceptors (Lipinski definition) is 6. The summed E-state index contributed by atoms with van der Waals surface area (Å²) in [5.41, 5.74) is -0.219. The van der Waals surface area contributed by atoms with Crippen molar-refractivity contribution in [2.75, 3.05) is 12.9 Å². The van der Waals surface area contributed by atoms with E-state index in [1.165, 1.54) is 20.0 Å². The second-order valence-electron chi connectivity index (χ2n) is 5.64. The molecule has 1 unspecified atom stereocenters. The molecule has 2 aromatic rings. The molecule has 0 aliphatic carbocycles. The lowest BCUT2D eigenvalue weighted by Gasteiger charge is -2.15. The van der Waals surface area contributed by atoms with Gasteiger partial charge in [0.05, 0.1) is 11.6 Å². The van der Waals surface area contributed by atoms with E-state index in [1.807, 2.05) is 0 Å². The Bertz CT molecular complexity index is 991. The zero-order valence-electron chi connectivity index (χ0n) is 14.9. The SMILES string of the molecule is CCOC(=O)C(C)Oc1cc(-c2nn(C)c(S(C)(=O)=O)c2Cl)c(F)cc1Cl. The number of benzene rings is 1. The summed E-state index contributed by atoms with van der Waals surface area (Å²) in [6, 6.07) is 2.17. The first kappa shape index (κ1) is 21.5. The van der Waals surface area contributed by atoms with Crippen LogP contribution in [0.3, 0.4) is 0 Å². The maximum absolute atomic E-state index is 14.5. The van der Waals surface area contributed by atoms with Crippen LogP contribution in [0.25, 0.3) is 11.3 Å². The Balaban J connectivity index is 2.53. The average Bonchev–Trinajstić information content (AvgIpc) is 2.84. The van der Waals surface area contributed by atoms with Gasteiger partial charge >= 0.3 is 5.97 Å². The molecule has 0 fully saturated rings. The molecule has 1 aromatic heterocycles. The van der Waals surface area contributed by atoms with E-state index < -0.39 is 27.7 Å². The van der Waals surface area contributed by atoms with Crippen LogP contribution in [0.5, 0.6) is 5.75 Å². The van der Waals surface area contributed by atoms with Gasteiger partial charge in [0.2, 0.25) is 0 Å². The number of carbonyl (C=O) groups is 1. The van der Waals surface area contributed by atoms with E-state index in [1.54, 1.807) is 6.92 Å². The van der Waals surface area contributed by atoms with Gasteiger partial charge in [-0.1, -0.05) is 23.2 Å². The second-order valence-corrected chi connectivity index (χ2v) is 8.35. The summed E-state index contributed by atoms with van der Waals surface area (Å²) in [6.45, 7) is 3.27. The van der Waals surface area contributed by atoms with E-state index in [0.717, 1.165) is 17.0 Å². The molecular formula is C16H17Cl2FN2O5S. The monoisotopic (exact) mass is 438 g/mol. The van der Waals surface area contributed by atoms with Crippen molar-refractivity contribution in [2.24, 2.45) is 7.05 Å². The highest BCUT2D eigenvalue weighted by atomic mass is 35.5. The third kappa shape index (κ3) is 4.53. The van der Waals surface area contributed by atoms with Gasteiger partial charge in [-0.05, 0) is 26.0 Å². The van der Waals surface area contributed by atoms with Gasteiger partial charge in [0.1, 0.15) is 22.3 Å². The third-order valence-electron chi connectivity index (χ3n) is 3.49. The Labute approximate surface area is 165 Å². The lowest BCUT2D eigenvalue weighted by atomic mass is 10.1. The number of esters is 1. The van der Waals surface area contributed by atoms with Crippen LogP contribution in [0.1, 0.15) is 13.8 Å². The van der Waals surface area contributed by atoms with Gasteiger partial charge in [0.15, 0.2) is 21.0 Å². The number of ether oxygens (including phenoxy) is 2. The van der Waals surface area contributed by atoms with E-state index in [9.17, 15) is 17.6 Å². The smallest absolute Gasteiger partial charge is 0.347 e. The standard InChI is InChI=1S/C16H17Cl2FN2O5S/c1-5-25-16(22)8(2)26-12-6-9(11(19)7-10(12)17)14-13(18)15(21(3)20-14)27(4,23)24/h6-8H,5H2,1-4H3. The Morgan fingerprint density at radius 3 is 2.52 bits per heavy atom. The Morgan fingerprint density at radius 2 is 2.00 bits per heavy atom. The highest BCUT2D eigenvalue weighted by molar-refractivity contribution is 7.90. The van der Waals surface area contributed by atoms with Crippen LogP contribution in [0, 0.1) is 5.82 Å². The lowest BCUT2D eigenvalue weighted by molar-refractivity contribution is -0.150. The first-order valence-electron chi connectivity index (χ1n) is 7.72. The van der Waals surface area contributed by atoms with Gasteiger partial charge in [-0.15, -0.1) is 0 Å². The molecule has 2 rings (SSSR count).